The molecule has 0 aliphatic rings. The Kier molecular flexibility index (Phi) is 35.9. The van der Waals surface area contributed by atoms with Crippen molar-refractivity contribution in [2.24, 2.45) is 0 Å². The lowest BCUT2D eigenvalue weighted by atomic mass is 10.0. The molecule has 0 saturated heterocycles. The largest absolute Gasteiger partial charge is 0.477 e. The summed E-state index contributed by atoms with van der Waals surface area (Å²) in [5.74, 6) is -1.51. The number of aliphatic carboxylic acids is 1. The summed E-state index contributed by atoms with van der Waals surface area (Å²) in [7, 11) is 5.51. The number of carboxylic acids is 1. The molecular formula is C47H82NO7+. The number of allylic oxidation sites excluding steroid dienone is 10. The zero-order valence-corrected chi connectivity index (χ0v) is 35.9. The van der Waals surface area contributed by atoms with Gasteiger partial charge in [0.1, 0.15) is 6.61 Å². The van der Waals surface area contributed by atoms with Gasteiger partial charge in [0.2, 0.25) is 0 Å². The van der Waals surface area contributed by atoms with Crippen LogP contribution in [0.2, 0.25) is 0 Å². The molecular weight excluding hydrogens is 691 g/mol. The first-order chi connectivity index (χ1) is 26.6. The number of rotatable bonds is 38. The van der Waals surface area contributed by atoms with Crippen molar-refractivity contribution in [2.75, 3.05) is 41.0 Å². The van der Waals surface area contributed by atoms with Gasteiger partial charge in [0.25, 0.3) is 0 Å². The van der Waals surface area contributed by atoms with Crippen molar-refractivity contribution in [2.45, 2.75) is 180 Å². The van der Waals surface area contributed by atoms with Crippen LogP contribution in [0.4, 0.5) is 0 Å². The van der Waals surface area contributed by atoms with Gasteiger partial charge in [-0.25, -0.2) is 4.79 Å². The molecule has 0 aliphatic carbocycles. The second-order valence-electron chi connectivity index (χ2n) is 15.6. The highest BCUT2D eigenvalue weighted by Gasteiger charge is 2.31. The summed E-state index contributed by atoms with van der Waals surface area (Å²) in [6.45, 7) is 4.57. The summed E-state index contributed by atoms with van der Waals surface area (Å²) in [5, 5.41) is 9.61. The number of quaternary nitrogens is 1. The predicted molar refractivity (Wildman–Crippen MR) is 229 cm³/mol. The summed E-state index contributed by atoms with van der Waals surface area (Å²) in [6.07, 6.45) is 45.5. The highest BCUT2D eigenvalue weighted by molar-refractivity contribution is 5.72. The standard InChI is InChI=1S/C47H81NO7/c1-6-8-10-12-14-16-18-20-21-22-23-24-25-26-28-30-32-34-36-38-46(50)55-43(41-53-40-39-44(47(51)52)48(3,4)5)42-54-45(49)37-35-33-31-29-27-19-17-15-13-11-9-7-2/h8,10,14,16,20-21,23-24,26,28,43-44H,6-7,9,11-13,15,17-19,22,25,27,29-42H2,1-5H3/p+1/b10-8-,16-14-,21-20-,24-23-,28-26-. The molecule has 0 amide bonds. The molecule has 0 radical (unpaired) electrons. The zero-order chi connectivity index (χ0) is 40.7. The molecule has 8 nitrogen and oxygen atoms in total. The molecule has 1 N–H and O–H groups in total. The third-order valence-corrected chi connectivity index (χ3v) is 9.43. The summed E-state index contributed by atoms with van der Waals surface area (Å²) in [6, 6.07) is -0.621. The van der Waals surface area contributed by atoms with Gasteiger partial charge in [-0.15, -0.1) is 0 Å². The van der Waals surface area contributed by atoms with Crippen molar-refractivity contribution in [3.63, 3.8) is 0 Å². The molecule has 0 saturated carbocycles. The number of hydrogen-bond acceptors (Lipinski definition) is 6. The SMILES string of the molecule is CC/C=C\C/C=C\C/C=C\C/C=C\C/C=C\CCCCCC(=O)OC(COCCC(C(=O)O)[N+](C)(C)C)COC(=O)CCCCCCCCCCCCCC. The van der Waals surface area contributed by atoms with E-state index in [1.54, 1.807) is 0 Å². The van der Waals surface area contributed by atoms with Gasteiger partial charge in [0, 0.05) is 19.3 Å². The van der Waals surface area contributed by atoms with Gasteiger partial charge in [-0.1, -0.05) is 152 Å². The molecule has 0 aromatic carbocycles. The number of hydrogen-bond donors (Lipinski definition) is 1. The van der Waals surface area contributed by atoms with Gasteiger partial charge in [-0.2, -0.15) is 0 Å². The van der Waals surface area contributed by atoms with Crippen molar-refractivity contribution in [1.29, 1.82) is 0 Å². The summed E-state index contributed by atoms with van der Waals surface area (Å²) >= 11 is 0. The Labute approximate surface area is 337 Å². The fourth-order valence-corrected chi connectivity index (χ4v) is 6.06. The number of carboxylic acid groups (broad SMARTS) is 1. The first-order valence-corrected chi connectivity index (χ1v) is 21.8. The number of likely N-dealkylation sites (N-methyl/N-ethyl adjacent to an activating group) is 1. The predicted octanol–water partition coefficient (Wildman–Crippen LogP) is 11.8. The van der Waals surface area contributed by atoms with Gasteiger partial charge in [0.15, 0.2) is 12.1 Å². The van der Waals surface area contributed by atoms with Crippen molar-refractivity contribution in [1.82, 2.24) is 0 Å². The lowest BCUT2D eigenvalue weighted by Gasteiger charge is -2.31. The Balaban J connectivity index is 4.42. The number of carbonyl (C=O) groups is 3. The second-order valence-corrected chi connectivity index (χ2v) is 15.6. The number of nitrogens with zero attached hydrogens (tertiary/aromatic N) is 1. The molecule has 0 aromatic heterocycles. The van der Waals surface area contributed by atoms with E-state index in [-0.39, 0.29) is 42.7 Å². The van der Waals surface area contributed by atoms with E-state index < -0.39 is 18.1 Å². The van der Waals surface area contributed by atoms with E-state index in [4.69, 9.17) is 14.2 Å². The third kappa shape index (κ3) is 36.4. The number of carbonyl (C=O) groups excluding carboxylic acids is 2. The van der Waals surface area contributed by atoms with Gasteiger partial charge >= 0.3 is 17.9 Å². The van der Waals surface area contributed by atoms with Crippen LogP contribution in [0.3, 0.4) is 0 Å². The molecule has 0 heterocycles. The van der Waals surface area contributed by atoms with E-state index in [9.17, 15) is 19.5 Å². The number of esters is 2. The molecule has 2 atom stereocenters. The van der Waals surface area contributed by atoms with Crippen LogP contribution in [0.15, 0.2) is 60.8 Å². The molecule has 8 heteroatoms. The van der Waals surface area contributed by atoms with E-state index in [1.165, 1.54) is 57.8 Å². The smallest absolute Gasteiger partial charge is 0.362 e. The van der Waals surface area contributed by atoms with Gasteiger partial charge < -0.3 is 23.8 Å². The van der Waals surface area contributed by atoms with E-state index in [2.05, 4.69) is 74.6 Å². The van der Waals surface area contributed by atoms with Gasteiger partial charge in [-0.05, 0) is 57.8 Å². The fourth-order valence-electron chi connectivity index (χ4n) is 6.06. The minimum atomic E-state index is -0.882. The van der Waals surface area contributed by atoms with E-state index in [0.717, 1.165) is 77.0 Å². The average molecular weight is 773 g/mol. The van der Waals surface area contributed by atoms with Gasteiger partial charge in [-0.3, -0.25) is 9.59 Å². The highest BCUT2D eigenvalue weighted by atomic mass is 16.6. The Morgan fingerprint density at radius 1 is 0.564 bits per heavy atom. The quantitative estimate of drug-likeness (QED) is 0.0289. The molecule has 0 rings (SSSR count). The molecule has 0 aromatic rings. The first kappa shape index (κ1) is 52.0. The number of unbranched alkanes of at least 4 members (excludes halogenated alkanes) is 14. The average Bonchev–Trinajstić information content (AvgIpc) is 3.14. The molecule has 0 aliphatic heterocycles. The van der Waals surface area contributed by atoms with E-state index >= 15 is 0 Å². The van der Waals surface area contributed by atoms with Crippen LogP contribution in [0.25, 0.3) is 0 Å². The molecule has 316 valence electrons. The molecule has 0 spiro atoms. The fraction of sp³-hybridized carbons (Fsp3) is 0.723. The second kappa shape index (κ2) is 37.9. The zero-order valence-electron chi connectivity index (χ0n) is 35.9. The van der Waals surface area contributed by atoms with Crippen molar-refractivity contribution in [3.8, 4) is 0 Å². The van der Waals surface area contributed by atoms with Crippen LogP contribution in [0, 0.1) is 0 Å². The normalized spacial score (nSPS) is 13.5. The lowest BCUT2D eigenvalue weighted by molar-refractivity contribution is -0.887. The topological polar surface area (TPSA) is 99.1 Å². The van der Waals surface area contributed by atoms with Crippen LogP contribution in [-0.4, -0.2) is 80.6 Å². The van der Waals surface area contributed by atoms with Crippen LogP contribution >= 0.6 is 0 Å². The van der Waals surface area contributed by atoms with Crippen LogP contribution < -0.4 is 0 Å². The maximum atomic E-state index is 12.7. The summed E-state index contributed by atoms with van der Waals surface area (Å²) in [4.78, 5) is 36.9. The minimum absolute atomic E-state index is 0.0468. The third-order valence-electron chi connectivity index (χ3n) is 9.43. The van der Waals surface area contributed by atoms with Crippen molar-refractivity contribution >= 4 is 17.9 Å². The number of ether oxygens (including phenoxy) is 3. The van der Waals surface area contributed by atoms with E-state index in [1.807, 2.05) is 21.1 Å². The highest BCUT2D eigenvalue weighted by Crippen LogP contribution is 2.14. The Hall–Kier alpha value is -2.97. The Morgan fingerprint density at radius 2 is 1.02 bits per heavy atom. The van der Waals surface area contributed by atoms with Crippen molar-refractivity contribution < 1.29 is 38.2 Å². The Morgan fingerprint density at radius 3 is 1.51 bits per heavy atom. The Bertz CT molecular complexity index is 1090. The van der Waals surface area contributed by atoms with Crippen molar-refractivity contribution in [3.05, 3.63) is 60.8 Å². The monoisotopic (exact) mass is 773 g/mol. The molecule has 0 fully saturated rings. The maximum absolute atomic E-state index is 12.7. The minimum Gasteiger partial charge on any atom is -0.477 e. The summed E-state index contributed by atoms with van der Waals surface area (Å²) in [5.41, 5.74) is 0. The van der Waals surface area contributed by atoms with E-state index in [0.29, 0.717) is 12.8 Å². The van der Waals surface area contributed by atoms with Crippen LogP contribution in [0.1, 0.15) is 168 Å². The first-order valence-electron chi connectivity index (χ1n) is 21.8. The molecule has 0 bridgehead atoms. The van der Waals surface area contributed by atoms with Gasteiger partial charge in [0.05, 0.1) is 34.4 Å². The maximum Gasteiger partial charge on any atom is 0.362 e. The summed E-state index contributed by atoms with van der Waals surface area (Å²) < 4.78 is 17.2. The molecule has 2 unspecified atom stereocenters. The lowest BCUT2D eigenvalue weighted by Crippen LogP contribution is -2.50. The molecule has 55 heavy (non-hydrogen) atoms. The van der Waals surface area contributed by atoms with Crippen LogP contribution in [-0.2, 0) is 28.6 Å². The van der Waals surface area contributed by atoms with Crippen LogP contribution in [0.5, 0.6) is 0 Å².